The first kappa shape index (κ1) is 79.2. The molecule has 4 heteroatoms. The van der Waals surface area contributed by atoms with Crippen molar-refractivity contribution in [3.8, 4) is 179 Å². The largest absolute Gasteiger partial charge is 0.247 e. The molecule has 616 valence electrons. The summed E-state index contributed by atoms with van der Waals surface area (Å²) >= 11 is 0. The van der Waals surface area contributed by atoms with Gasteiger partial charge >= 0.3 is 0 Å². The van der Waals surface area contributed by atoms with Crippen molar-refractivity contribution in [3.05, 3.63) is 510 Å². The summed E-state index contributed by atoms with van der Waals surface area (Å²) < 4.78 is 0. The first-order chi connectivity index (χ1) is 65.5. The molecular formula is C128H84N4. The molecular weight excluding hydrogens is 1590 g/mol. The molecule has 24 rings (SSSR count). The Balaban J connectivity index is 0.000000152. The lowest BCUT2D eigenvalue weighted by Gasteiger charge is -2.21. The van der Waals surface area contributed by atoms with E-state index in [4.69, 9.17) is 19.9 Å². The van der Waals surface area contributed by atoms with Crippen LogP contribution in [0.25, 0.3) is 244 Å². The van der Waals surface area contributed by atoms with Crippen LogP contribution in [-0.4, -0.2) is 19.9 Å². The molecule has 4 aromatic heterocycles. The molecule has 0 aliphatic rings. The second-order valence-electron chi connectivity index (χ2n) is 33.5. The fraction of sp³-hybridized carbons (Fsp3) is 0. The molecule has 0 aliphatic carbocycles. The van der Waals surface area contributed by atoms with Gasteiger partial charge in [-0.15, -0.1) is 0 Å². The predicted octanol–water partition coefficient (Wildman–Crippen LogP) is 34.5. The first-order valence-electron chi connectivity index (χ1n) is 45.1. The zero-order valence-electron chi connectivity index (χ0n) is 72.3. The van der Waals surface area contributed by atoms with E-state index in [0.29, 0.717) is 0 Å². The van der Waals surface area contributed by atoms with Crippen LogP contribution >= 0.6 is 0 Å². The maximum atomic E-state index is 5.41. The second-order valence-corrected chi connectivity index (χ2v) is 33.5. The lowest BCUT2D eigenvalue weighted by molar-refractivity contribution is 1.32. The Morgan fingerprint density at radius 1 is 0.0909 bits per heavy atom. The molecule has 4 heterocycles. The van der Waals surface area contributed by atoms with Gasteiger partial charge in [0.05, 0.1) is 45.6 Å². The number of pyridine rings is 4. The standard InChI is InChI=1S/C70H46N2.C58H38N2/c1-5-19-50(20-6-1)65-45-43-56(69(71-65)53-23-9-3-10-24-53)48-35-33-47(34-36-48)55-41-42-64(59-28-14-13-27-58(55)59)68-62-31-17-15-29-60(62)67(61-30-16-18-32-63(61)68)52-39-37-49(38-40-52)57-44-46-66(51-21-7-2-8-22-51)72-70(57)54-25-11-4-12-26-54;1-5-19-39(20-6-1)53-37-35-51(57(59-53)41-23-9-3-10-24-41)45-33-34-50(44-28-14-13-27-43(44)45)55-46-29-15-17-31-48(46)56(49-32-18-16-30-47(49)55)52-36-38-54(40-21-7-2-8-22-40)60-58(52)42-25-11-4-12-26-42/h1-46H;1-38H. The van der Waals surface area contributed by atoms with Crippen molar-refractivity contribution >= 4 is 64.6 Å². The molecule has 20 aromatic carbocycles. The SMILES string of the molecule is c1ccc(-c2ccc(-c3ccc(-c4c5ccccc5c(-c5ccc(-c6ccccc6)nc5-c5ccccc5)c5ccccc45)c4ccccc34)c(-c3ccccc3)n2)cc1.c1ccc(-c2ccc(-c3ccc(-c4ccc(-c5c6ccccc6c(-c6ccc(-c7ccc(-c8ccccc8)nc7-c7ccccc7)cc6)c6ccccc56)c5ccccc45)cc3)c(-c3ccccc3)n2)cc1. The van der Waals surface area contributed by atoms with Crippen LogP contribution < -0.4 is 0 Å². The Bertz CT molecular complexity index is 8310. The monoisotopic (exact) mass is 1680 g/mol. The average molecular weight is 1680 g/mol. The Morgan fingerprint density at radius 2 is 0.273 bits per heavy atom. The van der Waals surface area contributed by atoms with Crippen molar-refractivity contribution < 1.29 is 0 Å². The van der Waals surface area contributed by atoms with Gasteiger partial charge in [0, 0.05) is 66.8 Å². The summed E-state index contributed by atoms with van der Waals surface area (Å²) in [6, 6.07) is 182. The molecule has 24 aromatic rings. The van der Waals surface area contributed by atoms with Crippen LogP contribution in [-0.2, 0) is 0 Å². The highest BCUT2D eigenvalue weighted by Crippen LogP contribution is 2.52. The Labute approximate surface area is 767 Å². The summed E-state index contributed by atoms with van der Waals surface area (Å²) in [7, 11) is 0. The topological polar surface area (TPSA) is 51.6 Å². The summed E-state index contributed by atoms with van der Waals surface area (Å²) in [5.74, 6) is 0. The minimum Gasteiger partial charge on any atom is -0.247 e. The summed E-state index contributed by atoms with van der Waals surface area (Å²) in [5.41, 5.74) is 35.2. The molecule has 0 saturated carbocycles. The molecule has 0 atom stereocenters. The highest BCUT2D eigenvalue weighted by Gasteiger charge is 2.26. The summed E-state index contributed by atoms with van der Waals surface area (Å²) in [6.07, 6.45) is 0. The van der Waals surface area contributed by atoms with Crippen LogP contribution in [0.3, 0.4) is 0 Å². The minimum atomic E-state index is 0.954. The number of rotatable bonds is 16. The smallest absolute Gasteiger partial charge is 0.0788 e. The molecule has 0 radical (unpaired) electrons. The van der Waals surface area contributed by atoms with Crippen molar-refractivity contribution in [1.82, 2.24) is 19.9 Å². The zero-order valence-corrected chi connectivity index (χ0v) is 72.3. The van der Waals surface area contributed by atoms with Gasteiger partial charge in [0.2, 0.25) is 0 Å². The van der Waals surface area contributed by atoms with E-state index in [0.717, 1.165) is 129 Å². The summed E-state index contributed by atoms with van der Waals surface area (Å²) in [6.45, 7) is 0. The fourth-order valence-corrected chi connectivity index (χ4v) is 19.7. The van der Waals surface area contributed by atoms with E-state index >= 15 is 0 Å². The minimum absolute atomic E-state index is 0.954. The molecule has 0 amide bonds. The number of fused-ring (bicyclic) bond motifs is 6. The highest BCUT2D eigenvalue weighted by atomic mass is 14.7. The summed E-state index contributed by atoms with van der Waals surface area (Å²) in [4.78, 5) is 21.3. The van der Waals surface area contributed by atoms with Crippen LogP contribution in [0, 0.1) is 0 Å². The first-order valence-corrected chi connectivity index (χ1v) is 45.1. The normalized spacial score (nSPS) is 11.3. The van der Waals surface area contributed by atoms with Crippen LogP contribution in [0.1, 0.15) is 0 Å². The van der Waals surface area contributed by atoms with E-state index < -0.39 is 0 Å². The Morgan fingerprint density at radius 3 is 0.576 bits per heavy atom. The van der Waals surface area contributed by atoms with Crippen LogP contribution in [0.15, 0.2) is 510 Å². The Hall–Kier alpha value is -17.4. The highest BCUT2D eigenvalue weighted by molar-refractivity contribution is 6.27. The van der Waals surface area contributed by atoms with E-state index in [9.17, 15) is 0 Å². The molecule has 0 unspecified atom stereocenters. The predicted molar refractivity (Wildman–Crippen MR) is 556 cm³/mol. The molecule has 4 nitrogen and oxygen atoms in total. The van der Waals surface area contributed by atoms with Gasteiger partial charge in [-0.1, -0.05) is 473 Å². The molecule has 132 heavy (non-hydrogen) atoms. The third kappa shape index (κ3) is 14.9. The molecule has 0 fully saturated rings. The van der Waals surface area contributed by atoms with Gasteiger partial charge in [-0.2, -0.15) is 0 Å². The molecule has 0 N–H and O–H groups in total. The molecule has 0 bridgehead atoms. The number of aromatic nitrogens is 4. The quantitative estimate of drug-likeness (QED) is 0.0905. The molecule has 0 spiro atoms. The van der Waals surface area contributed by atoms with Crippen LogP contribution in [0.4, 0.5) is 0 Å². The van der Waals surface area contributed by atoms with E-state index in [2.05, 4.69) is 491 Å². The average Bonchev–Trinajstić information content (AvgIpc) is 0.618. The number of benzene rings is 20. The number of hydrogen-bond donors (Lipinski definition) is 0. The van der Waals surface area contributed by atoms with Crippen LogP contribution in [0.5, 0.6) is 0 Å². The number of hydrogen-bond acceptors (Lipinski definition) is 4. The third-order valence-electron chi connectivity index (χ3n) is 25.8. The zero-order chi connectivity index (χ0) is 87.6. The summed E-state index contributed by atoms with van der Waals surface area (Å²) in [5, 5.41) is 14.5. The van der Waals surface area contributed by atoms with Crippen molar-refractivity contribution in [2.75, 3.05) is 0 Å². The van der Waals surface area contributed by atoms with E-state index in [1.807, 2.05) is 18.2 Å². The van der Waals surface area contributed by atoms with Gasteiger partial charge in [-0.05, 0) is 168 Å². The van der Waals surface area contributed by atoms with Crippen molar-refractivity contribution in [1.29, 1.82) is 0 Å². The van der Waals surface area contributed by atoms with Gasteiger partial charge in [0.25, 0.3) is 0 Å². The van der Waals surface area contributed by atoms with Crippen molar-refractivity contribution in [2.24, 2.45) is 0 Å². The molecule has 0 saturated heterocycles. The van der Waals surface area contributed by atoms with Crippen LogP contribution in [0.2, 0.25) is 0 Å². The third-order valence-corrected chi connectivity index (χ3v) is 25.8. The maximum Gasteiger partial charge on any atom is 0.0788 e. The van der Waals surface area contributed by atoms with E-state index in [1.54, 1.807) is 0 Å². The second kappa shape index (κ2) is 35.1. The Kier molecular flexibility index (Phi) is 21.0. The maximum absolute atomic E-state index is 5.41. The van der Waals surface area contributed by atoms with E-state index in [1.165, 1.54) is 115 Å². The van der Waals surface area contributed by atoms with Gasteiger partial charge in [0.15, 0.2) is 0 Å². The fourth-order valence-electron chi connectivity index (χ4n) is 19.7. The number of nitrogens with zero attached hydrogens (tertiary/aromatic N) is 4. The van der Waals surface area contributed by atoms with E-state index in [-0.39, 0.29) is 0 Å². The lowest BCUT2D eigenvalue weighted by Crippen LogP contribution is -1.97. The van der Waals surface area contributed by atoms with Gasteiger partial charge in [0.1, 0.15) is 0 Å². The molecule has 0 aliphatic heterocycles. The van der Waals surface area contributed by atoms with Gasteiger partial charge in [-0.25, -0.2) is 19.9 Å². The van der Waals surface area contributed by atoms with Crippen molar-refractivity contribution in [2.45, 2.75) is 0 Å². The van der Waals surface area contributed by atoms with Gasteiger partial charge in [-0.3, -0.25) is 0 Å². The lowest BCUT2D eigenvalue weighted by atomic mass is 9.83. The van der Waals surface area contributed by atoms with Gasteiger partial charge < -0.3 is 0 Å². The van der Waals surface area contributed by atoms with Crippen molar-refractivity contribution in [3.63, 3.8) is 0 Å².